The first-order valence-electron chi connectivity index (χ1n) is 8.21. The minimum Gasteiger partial charge on any atom is -0.454 e. The molecule has 4 rings (SSSR count). The van der Waals surface area contributed by atoms with Gasteiger partial charge < -0.3 is 19.7 Å². The van der Waals surface area contributed by atoms with Crippen LogP contribution in [0.3, 0.4) is 0 Å². The summed E-state index contributed by atoms with van der Waals surface area (Å²) in [6, 6.07) is 9.28. The summed E-state index contributed by atoms with van der Waals surface area (Å²) in [5.41, 5.74) is 1.50. The van der Waals surface area contributed by atoms with Gasteiger partial charge in [0.1, 0.15) is 5.82 Å². The largest absolute Gasteiger partial charge is 0.454 e. The van der Waals surface area contributed by atoms with E-state index in [0.717, 1.165) is 43.1 Å². The van der Waals surface area contributed by atoms with E-state index in [1.54, 1.807) is 6.20 Å². The van der Waals surface area contributed by atoms with E-state index in [-0.39, 0.29) is 12.7 Å². The topological polar surface area (TPSA) is 63.7 Å². The van der Waals surface area contributed by atoms with Crippen LogP contribution in [0, 0.1) is 0 Å². The molecule has 0 aliphatic carbocycles. The van der Waals surface area contributed by atoms with Gasteiger partial charge in [-0.05, 0) is 43.5 Å². The molecular formula is C18H19N3O3. The molecule has 2 aromatic rings. The highest BCUT2D eigenvalue weighted by Crippen LogP contribution is 2.34. The molecule has 2 aliphatic rings. The third-order valence-corrected chi connectivity index (χ3v) is 4.30. The summed E-state index contributed by atoms with van der Waals surface area (Å²) in [5, 5.41) is 3.21. The van der Waals surface area contributed by atoms with Crippen LogP contribution >= 0.6 is 0 Å². The molecule has 6 nitrogen and oxygen atoms in total. The molecule has 1 aromatic carbocycles. The summed E-state index contributed by atoms with van der Waals surface area (Å²) >= 11 is 0. The Morgan fingerprint density at radius 3 is 2.67 bits per heavy atom. The number of anilines is 2. The van der Waals surface area contributed by atoms with Gasteiger partial charge in [-0.25, -0.2) is 4.98 Å². The number of nitrogens with one attached hydrogen (secondary N) is 1. The number of carbonyl (C=O) groups is 1. The monoisotopic (exact) mass is 325 g/mol. The van der Waals surface area contributed by atoms with E-state index in [1.165, 1.54) is 6.42 Å². The second-order valence-electron chi connectivity index (χ2n) is 5.98. The molecule has 3 heterocycles. The smallest absolute Gasteiger partial charge is 0.255 e. The highest BCUT2D eigenvalue weighted by atomic mass is 16.7. The van der Waals surface area contributed by atoms with Crippen LogP contribution in [0.1, 0.15) is 29.6 Å². The Bertz CT molecular complexity index is 740. The number of fused-ring (bicyclic) bond motifs is 1. The van der Waals surface area contributed by atoms with Crippen molar-refractivity contribution in [1.82, 2.24) is 9.88 Å². The highest BCUT2D eigenvalue weighted by Gasteiger charge is 2.18. The number of rotatable bonds is 3. The van der Waals surface area contributed by atoms with Gasteiger partial charge in [0.05, 0.1) is 5.56 Å². The fraction of sp³-hybridized carbons (Fsp3) is 0.333. The Kier molecular flexibility index (Phi) is 3.94. The molecule has 0 spiro atoms. The number of carbonyl (C=O) groups excluding carboxylic acids is 1. The molecule has 24 heavy (non-hydrogen) atoms. The van der Waals surface area contributed by atoms with Crippen molar-refractivity contribution in [3.63, 3.8) is 0 Å². The van der Waals surface area contributed by atoms with Crippen LogP contribution in [-0.4, -0.2) is 35.7 Å². The molecule has 0 radical (unpaired) electrons. The normalized spacial score (nSPS) is 16.1. The van der Waals surface area contributed by atoms with Crippen LogP contribution in [0.2, 0.25) is 0 Å². The molecule has 1 fully saturated rings. The van der Waals surface area contributed by atoms with E-state index in [0.29, 0.717) is 11.4 Å². The van der Waals surface area contributed by atoms with E-state index in [2.05, 4.69) is 10.3 Å². The lowest BCUT2D eigenvalue weighted by Gasteiger charge is -2.26. The summed E-state index contributed by atoms with van der Waals surface area (Å²) in [5.74, 6) is 2.22. The number of benzene rings is 1. The summed E-state index contributed by atoms with van der Waals surface area (Å²) < 4.78 is 10.7. The molecule has 1 N–H and O–H groups in total. The maximum absolute atomic E-state index is 12.4. The van der Waals surface area contributed by atoms with Crippen LogP contribution in [0.25, 0.3) is 0 Å². The molecule has 1 aromatic heterocycles. The van der Waals surface area contributed by atoms with Crippen molar-refractivity contribution in [2.24, 2.45) is 0 Å². The first-order chi connectivity index (χ1) is 11.8. The van der Waals surface area contributed by atoms with Crippen LogP contribution in [-0.2, 0) is 0 Å². The molecule has 1 amide bonds. The average molecular weight is 325 g/mol. The second-order valence-corrected chi connectivity index (χ2v) is 5.98. The lowest BCUT2D eigenvalue weighted by molar-refractivity contribution is 0.0724. The maximum atomic E-state index is 12.4. The minimum absolute atomic E-state index is 0.0665. The van der Waals surface area contributed by atoms with E-state index in [9.17, 15) is 4.79 Å². The Morgan fingerprint density at radius 2 is 1.88 bits per heavy atom. The van der Waals surface area contributed by atoms with Crippen LogP contribution in [0.5, 0.6) is 11.5 Å². The SMILES string of the molecule is O=C(c1ccc(Nc2ccc3c(c2)OCO3)nc1)N1CCCCC1. The van der Waals surface area contributed by atoms with Crippen molar-refractivity contribution in [2.75, 3.05) is 25.2 Å². The van der Waals surface area contributed by atoms with E-state index >= 15 is 0 Å². The molecule has 6 heteroatoms. The van der Waals surface area contributed by atoms with Crippen molar-refractivity contribution in [2.45, 2.75) is 19.3 Å². The average Bonchev–Trinajstić information content (AvgIpc) is 3.10. The van der Waals surface area contributed by atoms with Crippen molar-refractivity contribution < 1.29 is 14.3 Å². The van der Waals surface area contributed by atoms with Gasteiger partial charge in [-0.15, -0.1) is 0 Å². The lowest BCUT2D eigenvalue weighted by atomic mass is 10.1. The number of aromatic nitrogens is 1. The molecule has 0 saturated carbocycles. The summed E-state index contributed by atoms with van der Waals surface area (Å²) in [6.07, 6.45) is 5.01. The number of ether oxygens (including phenoxy) is 2. The van der Waals surface area contributed by atoms with E-state index < -0.39 is 0 Å². The first-order valence-corrected chi connectivity index (χ1v) is 8.21. The van der Waals surface area contributed by atoms with Crippen LogP contribution in [0.15, 0.2) is 36.5 Å². The lowest BCUT2D eigenvalue weighted by Crippen LogP contribution is -2.35. The molecule has 0 unspecified atom stereocenters. The highest BCUT2D eigenvalue weighted by molar-refractivity contribution is 5.94. The zero-order valence-corrected chi connectivity index (χ0v) is 13.3. The zero-order chi connectivity index (χ0) is 16.4. The minimum atomic E-state index is 0.0665. The van der Waals surface area contributed by atoms with Gasteiger partial charge in [-0.1, -0.05) is 0 Å². The Hall–Kier alpha value is -2.76. The Morgan fingerprint density at radius 1 is 1.04 bits per heavy atom. The first kappa shape index (κ1) is 14.8. The zero-order valence-electron chi connectivity index (χ0n) is 13.3. The Balaban J connectivity index is 1.44. The second kappa shape index (κ2) is 6.39. The molecular weight excluding hydrogens is 306 g/mol. The fourth-order valence-corrected chi connectivity index (χ4v) is 3.00. The Labute approximate surface area is 140 Å². The van der Waals surface area contributed by atoms with Crippen LogP contribution < -0.4 is 14.8 Å². The number of hydrogen-bond acceptors (Lipinski definition) is 5. The molecule has 2 aliphatic heterocycles. The van der Waals surface area contributed by atoms with E-state index in [1.807, 2.05) is 35.2 Å². The number of hydrogen-bond donors (Lipinski definition) is 1. The quantitative estimate of drug-likeness (QED) is 0.939. The van der Waals surface area contributed by atoms with Gasteiger partial charge in [-0.2, -0.15) is 0 Å². The van der Waals surface area contributed by atoms with Crippen molar-refractivity contribution in [1.29, 1.82) is 0 Å². The van der Waals surface area contributed by atoms with Gasteiger partial charge in [0, 0.05) is 31.0 Å². The third-order valence-electron chi connectivity index (χ3n) is 4.30. The predicted molar refractivity (Wildman–Crippen MR) is 89.8 cm³/mol. The van der Waals surface area contributed by atoms with Gasteiger partial charge in [0.2, 0.25) is 6.79 Å². The number of amides is 1. The van der Waals surface area contributed by atoms with Gasteiger partial charge >= 0.3 is 0 Å². The molecule has 0 bridgehead atoms. The third kappa shape index (κ3) is 2.99. The standard InChI is InChI=1S/C18H19N3O3/c22-18(21-8-2-1-3-9-21)13-4-7-17(19-11-13)20-14-5-6-15-16(10-14)24-12-23-15/h4-7,10-11H,1-3,8-9,12H2,(H,19,20). The van der Waals surface area contributed by atoms with Crippen molar-refractivity contribution in [3.05, 3.63) is 42.1 Å². The summed E-state index contributed by atoms with van der Waals surface area (Å²) in [7, 11) is 0. The van der Waals surface area contributed by atoms with Crippen molar-refractivity contribution >= 4 is 17.4 Å². The molecule has 124 valence electrons. The van der Waals surface area contributed by atoms with E-state index in [4.69, 9.17) is 9.47 Å². The maximum Gasteiger partial charge on any atom is 0.255 e. The fourth-order valence-electron chi connectivity index (χ4n) is 3.00. The van der Waals surface area contributed by atoms with Gasteiger partial charge in [-0.3, -0.25) is 4.79 Å². The number of pyridine rings is 1. The summed E-state index contributed by atoms with van der Waals surface area (Å²) in [4.78, 5) is 18.7. The number of nitrogens with zero attached hydrogens (tertiary/aromatic N) is 2. The molecule has 0 atom stereocenters. The van der Waals surface area contributed by atoms with Gasteiger partial charge in [0.25, 0.3) is 5.91 Å². The summed E-state index contributed by atoms with van der Waals surface area (Å²) in [6.45, 7) is 1.94. The predicted octanol–water partition coefficient (Wildman–Crippen LogP) is 3.18. The van der Waals surface area contributed by atoms with Crippen molar-refractivity contribution in [3.8, 4) is 11.5 Å². The number of piperidine rings is 1. The number of likely N-dealkylation sites (tertiary alicyclic amines) is 1. The molecule has 1 saturated heterocycles. The van der Waals surface area contributed by atoms with Gasteiger partial charge in [0.15, 0.2) is 11.5 Å². The van der Waals surface area contributed by atoms with Crippen LogP contribution in [0.4, 0.5) is 11.5 Å².